The minimum absolute atomic E-state index is 1.18. The molecule has 0 saturated heterocycles. The molecular weight excluding hydrogens is 168 g/mol. The van der Waals surface area contributed by atoms with Crippen molar-refractivity contribution in [3.05, 3.63) is 36.5 Å². The summed E-state index contributed by atoms with van der Waals surface area (Å²) in [4.78, 5) is 0. The first-order chi connectivity index (χ1) is 7.00. The normalized spacial score (nSPS) is 27.4. The number of hydrogen-bond acceptors (Lipinski definition) is 0. The van der Waals surface area contributed by atoms with Crippen LogP contribution in [0, 0.1) is 0 Å². The average molecular weight is 190 g/mol. The van der Waals surface area contributed by atoms with E-state index in [0.29, 0.717) is 0 Å². The fourth-order valence-corrected chi connectivity index (χ4v) is 1.66. The molecule has 0 aromatic heterocycles. The van der Waals surface area contributed by atoms with Crippen molar-refractivity contribution in [3.8, 4) is 0 Å². The van der Waals surface area contributed by atoms with E-state index in [0.717, 1.165) is 0 Å². The molecule has 0 aromatic rings. The lowest BCUT2D eigenvalue weighted by Gasteiger charge is -1.97. The van der Waals surface area contributed by atoms with Crippen molar-refractivity contribution in [2.24, 2.45) is 0 Å². The molecule has 1 aliphatic rings. The van der Waals surface area contributed by atoms with Gasteiger partial charge in [-0.15, -0.1) is 0 Å². The Balaban J connectivity index is 2.26. The standard InChI is InChI=1S/C14H22/c1-2-4-6-8-10-12-14-13-11-9-7-5-3-1/h1-4,9,11H,5-8,10,12-14H2/b3-1-,4-2+,11-9-. The lowest BCUT2D eigenvalue weighted by molar-refractivity contribution is 0.652. The van der Waals surface area contributed by atoms with Gasteiger partial charge in [0.05, 0.1) is 0 Å². The second-order valence-electron chi connectivity index (χ2n) is 3.90. The van der Waals surface area contributed by atoms with Crippen LogP contribution in [0.2, 0.25) is 0 Å². The third-order valence-electron chi connectivity index (χ3n) is 2.54. The van der Waals surface area contributed by atoms with Gasteiger partial charge >= 0.3 is 0 Å². The van der Waals surface area contributed by atoms with Crippen LogP contribution in [-0.2, 0) is 0 Å². The molecular formula is C14H22. The highest BCUT2D eigenvalue weighted by atomic mass is 13.9. The molecule has 0 heteroatoms. The van der Waals surface area contributed by atoms with Crippen LogP contribution in [0.5, 0.6) is 0 Å². The molecule has 0 nitrogen and oxygen atoms in total. The van der Waals surface area contributed by atoms with E-state index in [1.807, 2.05) is 0 Å². The van der Waals surface area contributed by atoms with Crippen molar-refractivity contribution in [1.29, 1.82) is 0 Å². The van der Waals surface area contributed by atoms with Crippen LogP contribution in [0.15, 0.2) is 36.5 Å². The number of rotatable bonds is 0. The van der Waals surface area contributed by atoms with Gasteiger partial charge in [0.1, 0.15) is 0 Å². The molecule has 0 radical (unpaired) electrons. The van der Waals surface area contributed by atoms with E-state index in [9.17, 15) is 0 Å². The zero-order valence-corrected chi connectivity index (χ0v) is 9.12. The molecule has 14 heavy (non-hydrogen) atoms. The summed E-state index contributed by atoms with van der Waals surface area (Å²) in [5.41, 5.74) is 0. The molecule has 0 heterocycles. The zero-order chi connectivity index (χ0) is 9.90. The fraction of sp³-hybridized carbons (Fsp3) is 0.571. The van der Waals surface area contributed by atoms with Crippen LogP contribution in [-0.4, -0.2) is 0 Å². The Hall–Kier alpha value is -0.780. The molecule has 0 aromatic carbocycles. The molecule has 1 rings (SSSR count). The van der Waals surface area contributed by atoms with Gasteiger partial charge in [-0.2, -0.15) is 0 Å². The Labute approximate surface area is 88.4 Å². The first kappa shape index (κ1) is 11.3. The molecule has 0 amide bonds. The summed E-state index contributed by atoms with van der Waals surface area (Å²) in [5, 5.41) is 0. The van der Waals surface area contributed by atoms with Crippen LogP contribution in [0.1, 0.15) is 51.4 Å². The summed E-state index contributed by atoms with van der Waals surface area (Å²) in [7, 11) is 0. The van der Waals surface area contributed by atoms with Gasteiger partial charge < -0.3 is 0 Å². The largest absolute Gasteiger partial charge is 0.0885 e. The van der Waals surface area contributed by atoms with Gasteiger partial charge in [0, 0.05) is 0 Å². The molecule has 0 unspecified atom stereocenters. The molecule has 78 valence electrons. The van der Waals surface area contributed by atoms with Crippen molar-refractivity contribution in [2.45, 2.75) is 51.4 Å². The Kier molecular flexibility index (Phi) is 7.10. The van der Waals surface area contributed by atoms with Crippen LogP contribution in [0.25, 0.3) is 0 Å². The lowest BCUT2D eigenvalue weighted by Crippen LogP contribution is -1.77. The van der Waals surface area contributed by atoms with Crippen LogP contribution >= 0.6 is 0 Å². The molecule has 0 N–H and O–H groups in total. The summed E-state index contributed by atoms with van der Waals surface area (Å²) in [6.45, 7) is 0. The SMILES string of the molecule is C1=C\CC/C=C\CCCCCC/C=C/1. The lowest BCUT2D eigenvalue weighted by atomic mass is 10.1. The fourth-order valence-electron chi connectivity index (χ4n) is 1.66. The third-order valence-corrected chi connectivity index (χ3v) is 2.54. The van der Waals surface area contributed by atoms with E-state index in [2.05, 4.69) is 36.5 Å². The Morgan fingerprint density at radius 3 is 1.71 bits per heavy atom. The Morgan fingerprint density at radius 2 is 0.929 bits per heavy atom. The van der Waals surface area contributed by atoms with Crippen molar-refractivity contribution >= 4 is 0 Å². The summed E-state index contributed by atoms with van der Waals surface area (Å²) in [5.74, 6) is 0. The molecule has 0 saturated carbocycles. The van der Waals surface area contributed by atoms with Crippen molar-refractivity contribution in [1.82, 2.24) is 0 Å². The van der Waals surface area contributed by atoms with Gasteiger partial charge in [0.15, 0.2) is 0 Å². The molecule has 1 aliphatic carbocycles. The van der Waals surface area contributed by atoms with E-state index >= 15 is 0 Å². The molecule has 0 aliphatic heterocycles. The smallest absolute Gasteiger partial charge is 0.0313 e. The summed E-state index contributed by atoms with van der Waals surface area (Å²) < 4.78 is 0. The number of allylic oxidation sites excluding steroid dienone is 6. The summed E-state index contributed by atoms with van der Waals surface area (Å²) >= 11 is 0. The summed E-state index contributed by atoms with van der Waals surface area (Å²) in [6, 6.07) is 0. The molecule has 0 fully saturated rings. The van der Waals surface area contributed by atoms with Gasteiger partial charge in [-0.3, -0.25) is 0 Å². The van der Waals surface area contributed by atoms with E-state index < -0.39 is 0 Å². The highest BCUT2D eigenvalue weighted by molar-refractivity contribution is 5.02. The second-order valence-corrected chi connectivity index (χ2v) is 3.90. The third kappa shape index (κ3) is 6.71. The zero-order valence-electron chi connectivity index (χ0n) is 9.12. The number of hydrogen-bond donors (Lipinski definition) is 0. The average Bonchev–Trinajstić information content (AvgIpc) is 2.22. The second kappa shape index (κ2) is 8.80. The highest BCUT2D eigenvalue weighted by Gasteiger charge is 1.87. The van der Waals surface area contributed by atoms with Gasteiger partial charge in [-0.1, -0.05) is 49.3 Å². The van der Waals surface area contributed by atoms with E-state index in [1.54, 1.807) is 0 Å². The minimum atomic E-state index is 1.18. The first-order valence-corrected chi connectivity index (χ1v) is 5.97. The van der Waals surface area contributed by atoms with Gasteiger partial charge in [0.25, 0.3) is 0 Å². The summed E-state index contributed by atoms with van der Waals surface area (Å²) in [6.07, 6.45) is 24.0. The quantitative estimate of drug-likeness (QED) is 0.482. The van der Waals surface area contributed by atoms with E-state index in [4.69, 9.17) is 0 Å². The highest BCUT2D eigenvalue weighted by Crippen LogP contribution is 2.07. The van der Waals surface area contributed by atoms with Crippen LogP contribution in [0.4, 0.5) is 0 Å². The minimum Gasteiger partial charge on any atom is -0.0885 e. The van der Waals surface area contributed by atoms with Crippen molar-refractivity contribution < 1.29 is 0 Å². The topological polar surface area (TPSA) is 0 Å². The molecule has 0 atom stereocenters. The Morgan fingerprint density at radius 1 is 0.429 bits per heavy atom. The predicted molar refractivity (Wildman–Crippen MR) is 64.4 cm³/mol. The maximum absolute atomic E-state index is 2.34. The van der Waals surface area contributed by atoms with Gasteiger partial charge in [0.2, 0.25) is 0 Å². The van der Waals surface area contributed by atoms with Gasteiger partial charge in [-0.25, -0.2) is 0 Å². The van der Waals surface area contributed by atoms with Crippen molar-refractivity contribution in [2.75, 3.05) is 0 Å². The maximum atomic E-state index is 2.34. The van der Waals surface area contributed by atoms with Crippen LogP contribution < -0.4 is 0 Å². The van der Waals surface area contributed by atoms with Crippen LogP contribution in [0.3, 0.4) is 0 Å². The van der Waals surface area contributed by atoms with E-state index in [1.165, 1.54) is 51.4 Å². The first-order valence-electron chi connectivity index (χ1n) is 5.97. The maximum Gasteiger partial charge on any atom is -0.0313 e. The molecule has 0 bridgehead atoms. The predicted octanol–water partition coefficient (Wildman–Crippen LogP) is 4.79. The van der Waals surface area contributed by atoms with E-state index in [-0.39, 0.29) is 0 Å². The monoisotopic (exact) mass is 190 g/mol. The molecule has 0 spiro atoms. The Bertz CT molecular complexity index is 196. The van der Waals surface area contributed by atoms with Crippen molar-refractivity contribution in [3.63, 3.8) is 0 Å². The van der Waals surface area contributed by atoms with Gasteiger partial charge in [-0.05, 0) is 38.5 Å².